The summed E-state index contributed by atoms with van der Waals surface area (Å²) in [6, 6.07) is 5.65. The molecule has 0 aliphatic carbocycles. The number of nitrogens with zero attached hydrogens (tertiary/aromatic N) is 3. The normalized spacial score (nSPS) is 19.8. The van der Waals surface area contributed by atoms with Crippen molar-refractivity contribution < 1.29 is 21.6 Å². The lowest BCUT2D eigenvalue weighted by molar-refractivity contribution is -0.00263. The molecule has 0 spiro atoms. The molecule has 0 bridgehead atoms. The summed E-state index contributed by atoms with van der Waals surface area (Å²) in [6.07, 6.45) is 3.96. The van der Waals surface area contributed by atoms with Crippen LogP contribution in [-0.2, 0) is 31.6 Å². The predicted molar refractivity (Wildman–Crippen MR) is 90.2 cm³/mol. The fourth-order valence-corrected chi connectivity index (χ4v) is 5.79. The number of rotatable bonds is 4. The van der Waals surface area contributed by atoms with Crippen LogP contribution in [0.15, 0.2) is 46.5 Å². The lowest BCUT2D eigenvalue weighted by Crippen LogP contribution is -2.42. The lowest BCUT2D eigenvalue weighted by Gasteiger charge is -2.32. The first-order valence-electron chi connectivity index (χ1n) is 7.59. The van der Waals surface area contributed by atoms with E-state index in [1.807, 2.05) is 0 Å². The van der Waals surface area contributed by atoms with Crippen LogP contribution in [0.1, 0.15) is 11.7 Å². The van der Waals surface area contributed by atoms with E-state index < -0.39 is 26.0 Å². The third kappa shape index (κ3) is 3.61. The number of aryl methyl sites for hydroxylation is 1. The summed E-state index contributed by atoms with van der Waals surface area (Å²) in [6.45, 7) is 0.489. The number of sulfonamides is 1. The maximum absolute atomic E-state index is 13.0. The zero-order chi connectivity index (χ0) is 18.2. The minimum Gasteiger partial charge on any atom is -0.371 e. The minimum atomic E-state index is -3.96. The van der Waals surface area contributed by atoms with Crippen molar-refractivity contribution in [3.05, 3.63) is 42.2 Å². The average Bonchev–Trinajstić information content (AvgIpc) is 3.01. The highest BCUT2D eigenvalue weighted by molar-refractivity contribution is 7.93. The summed E-state index contributed by atoms with van der Waals surface area (Å²) in [5.74, 6) is 0. The second-order valence-electron chi connectivity index (χ2n) is 5.89. The van der Waals surface area contributed by atoms with Crippen molar-refractivity contribution in [3.63, 3.8) is 0 Å². The Morgan fingerprint density at radius 2 is 1.84 bits per heavy atom. The van der Waals surface area contributed by atoms with Crippen LogP contribution in [0.3, 0.4) is 0 Å². The summed E-state index contributed by atoms with van der Waals surface area (Å²) < 4.78 is 58.5. The van der Waals surface area contributed by atoms with Gasteiger partial charge < -0.3 is 4.74 Å². The molecule has 136 valence electrons. The summed E-state index contributed by atoms with van der Waals surface area (Å²) in [4.78, 5) is -0.399. The highest BCUT2D eigenvalue weighted by atomic mass is 32.2. The van der Waals surface area contributed by atoms with Crippen molar-refractivity contribution in [3.8, 4) is 0 Å². The second kappa shape index (κ2) is 6.52. The van der Waals surface area contributed by atoms with Crippen molar-refractivity contribution in [2.75, 3.05) is 26.0 Å². The first kappa shape index (κ1) is 18.1. The topological polar surface area (TPSA) is 98.6 Å². The standard InChI is InChI=1S/C15H19N3O5S2/c1-17-10-12(9-16-17)13-11-18(7-8-23-13)25(21,22)15-6-4-3-5-14(15)24(2,19)20/h3-6,9-10,13H,7-8,11H2,1-2H3/t13-/m1/s1. The Labute approximate surface area is 147 Å². The van der Waals surface area contributed by atoms with Gasteiger partial charge in [-0.3, -0.25) is 4.68 Å². The fourth-order valence-electron chi connectivity index (χ4n) is 2.76. The molecule has 0 N–H and O–H groups in total. The number of morpholine rings is 1. The number of hydrogen-bond donors (Lipinski definition) is 0. The van der Waals surface area contributed by atoms with Crippen molar-refractivity contribution in [1.29, 1.82) is 0 Å². The molecule has 10 heteroatoms. The van der Waals surface area contributed by atoms with E-state index in [4.69, 9.17) is 4.74 Å². The van der Waals surface area contributed by atoms with E-state index in [0.717, 1.165) is 11.8 Å². The van der Waals surface area contributed by atoms with E-state index >= 15 is 0 Å². The molecule has 3 rings (SSSR count). The SMILES string of the molecule is Cn1cc([C@H]2CN(S(=O)(=O)c3ccccc3S(C)(=O)=O)CCO2)cn1. The Hall–Kier alpha value is -1.75. The van der Waals surface area contributed by atoms with Gasteiger partial charge in [0.05, 0.1) is 23.8 Å². The first-order valence-corrected chi connectivity index (χ1v) is 10.9. The van der Waals surface area contributed by atoms with Gasteiger partial charge >= 0.3 is 0 Å². The highest BCUT2D eigenvalue weighted by Crippen LogP contribution is 2.29. The van der Waals surface area contributed by atoms with E-state index in [-0.39, 0.29) is 29.5 Å². The van der Waals surface area contributed by atoms with Gasteiger partial charge in [0.1, 0.15) is 4.90 Å². The monoisotopic (exact) mass is 385 g/mol. The molecule has 1 atom stereocenters. The maximum Gasteiger partial charge on any atom is 0.244 e. The van der Waals surface area contributed by atoms with Crippen molar-refractivity contribution in [2.24, 2.45) is 7.05 Å². The van der Waals surface area contributed by atoms with Crippen LogP contribution in [0.4, 0.5) is 0 Å². The van der Waals surface area contributed by atoms with Gasteiger partial charge in [-0.25, -0.2) is 16.8 Å². The molecule has 1 fully saturated rings. The van der Waals surface area contributed by atoms with Gasteiger partial charge in [-0.15, -0.1) is 0 Å². The molecule has 1 aliphatic rings. The third-order valence-electron chi connectivity index (χ3n) is 3.99. The van der Waals surface area contributed by atoms with Crippen LogP contribution in [0.2, 0.25) is 0 Å². The molecule has 0 saturated carbocycles. The summed E-state index contributed by atoms with van der Waals surface area (Å²) >= 11 is 0. The summed E-state index contributed by atoms with van der Waals surface area (Å²) in [5, 5.41) is 4.07. The van der Waals surface area contributed by atoms with Crippen LogP contribution >= 0.6 is 0 Å². The molecule has 0 unspecified atom stereocenters. The van der Waals surface area contributed by atoms with Gasteiger partial charge in [0, 0.05) is 38.2 Å². The van der Waals surface area contributed by atoms with Crippen LogP contribution in [0.25, 0.3) is 0 Å². The number of benzene rings is 1. The molecular formula is C15H19N3O5S2. The molecule has 1 aromatic heterocycles. The molecule has 25 heavy (non-hydrogen) atoms. The molecule has 0 radical (unpaired) electrons. The quantitative estimate of drug-likeness (QED) is 0.764. The Balaban J connectivity index is 1.95. The zero-order valence-electron chi connectivity index (χ0n) is 13.9. The fraction of sp³-hybridized carbons (Fsp3) is 0.400. The summed E-state index contributed by atoms with van der Waals surface area (Å²) in [5.41, 5.74) is 0.777. The highest BCUT2D eigenvalue weighted by Gasteiger charge is 2.34. The number of aromatic nitrogens is 2. The third-order valence-corrected chi connectivity index (χ3v) is 7.20. The Morgan fingerprint density at radius 3 is 2.44 bits per heavy atom. The Morgan fingerprint density at radius 1 is 1.16 bits per heavy atom. The second-order valence-corrected chi connectivity index (χ2v) is 9.78. The van der Waals surface area contributed by atoms with Crippen LogP contribution < -0.4 is 0 Å². The molecule has 0 amide bonds. The minimum absolute atomic E-state index is 0.103. The number of sulfone groups is 1. The van der Waals surface area contributed by atoms with Gasteiger partial charge in [0.2, 0.25) is 10.0 Å². The molecule has 2 heterocycles. The van der Waals surface area contributed by atoms with E-state index in [9.17, 15) is 16.8 Å². The van der Waals surface area contributed by atoms with E-state index in [1.165, 1.54) is 28.6 Å². The summed E-state index contributed by atoms with van der Waals surface area (Å²) in [7, 11) is -5.86. The van der Waals surface area contributed by atoms with Crippen molar-refractivity contribution in [1.82, 2.24) is 14.1 Å². The van der Waals surface area contributed by atoms with Crippen LogP contribution in [0.5, 0.6) is 0 Å². The van der Waals surface area contributed by atoms with Gasteiger partial charge in [0.25, 0.3) is 0 Å². The van der Waals surface area contributed by atoms with Crippen molar-refractivity contribution >= 4 is 19.9 Å². The largest absolute Gasteiger partial charge is 0.371 e. The molecule has 8 nitrogen and oxygen atoms in total. The molecule has 1 aliphatic heterocycles. The number of ether oxygens (including phenoxy) is 1. The average molecular weight is 385 g/mol. The van der Waals surface area contributed by atoms with E-state index in [2.05, 4.69) is 5.10 Å². The first-order chi connectivity index (χ1) is 11.7. The molecule has 2 aromatic rings. The smallest absolute Gasteiger partial charge is 0.244 e. The van der Waals surface area contributed by atoms with E-state index in [0.29, 0.717) is 0 Å². The van der Waals surface area contributed by atoms with E-state index in [1.54, 1.807) is 24.1 Å². The Kier molecular flexibility index (Phi) is 4.71. The molecule has 1 saturated heterocycles. The molecular weight excluding hydrogens is 366 g/mol. The Bertz CT molecular complexity index is 982. The van der Waals surface area contributed by atoms with Crippen LogP contribution in [-0.4, -0.2) is 56.9 Å². The molecule has 1 aromatic carbocycles. The predicted octanol–water partition coefficient (Wildman–Crippen LogP) is 0.586. The lowest BCUT2D eigenvalue weighted by atomic mass is 10.2. The van der Waals surface area contributed by atoms with Crippen molar-refractivity contribution in [2.45, 2.75) is 15.9 Å². The van der Waals surface area contributed by atoms with Gasteiger partial charge in [0.15, 0.2) is 9.84 Å². The van der Waals surface area contributed by atoms with Gasteiger partial charge in [-0.05, 0) is 12.1 Å². The van der Waals surface area contributed by atoms with Crippen LogP contribution in [0, 0.1) is 0 Å². The van der Waals surface area contributed by atoms with Gasteiger partial charge in [-0.1, -0.05) is 12.1 Å². The zero-order valence-corrected chi connectivity index (χ0v) is 15.5. The van der Waals surface area contributed by atoms with Gasteiger partial charge in [-0.2, -0.15) is 9.40 Å². The number of hydrogen-bond acceptors (Lipinski definition) is 6. The maximum atomic E-state index is 13.0.